The highest BCUT2D eigenvalue weighted by Crippen LogP contribution is 2.37. The average molecular weight is 391 g/mol. The molecule has 1 fully saturated rings. The molecule has 0 bridgehead atoms. The third kappa shape index (κ3) is 6.14. The highest BCUT2D eigenvalue weighted by Gasteiger charge is 2.41. The molecular weight excluding hydrogens is 361 g/mol. The van der Waals surface area contributed by atoms with Crippen LogP contribution in [0.1, 0.15) is 57.2 Å². The Kier molecular flexibility index (Phi) is 6.93. The molecule has 0 aliphatic heterocycles. The number of halogens is 3. The zero-order valence-electron chi connectivity index (χ0n) is 15.9. The predicted octanol–water partition coefficient (Wildman–Crippen LogP) is 4.27. The first kappa shape index (κ1) is 21.0. The van der Waals surface area contributed by atoms with E-state index in [9.17, 15) is 13.2 Å². The van der Waals surface area contributed by atoms with Crippen LogP contribution >= 0.6 is 11.3 Å². The van der Waals surface area contributed by atoms with Crippen molar-refractivity contribution >= 4 is 17.3 Å². The fraction of sp³-hybridized carbons (Fsp3) is 0.778. The molecule has 0 aromatic carbocycles. The molecule has 0 atom stereocenters. The third-order valence-electron chi connectivity index (χ3n) is 4.71. The molecule has 2 rings (SSSR count). The summed E-state index contributed by atoms with van der Waals surface area (Å²) in [6, 6.07) is 0.0483. The van der Waals surface area contributed by atoms with Crippen molar-refractivity contribution in [1.82, 2.24) is 15.6 Å². The van der Waals surface area contributed by atoms with Gasteiger partial charge in [-0.25, -0.2) is 4.98 Å². The smallest absolute Gasteiger partial charge is 0.356 e. The molecule has 0 saturated heterocycles. The van der Waals surface area contributed by atoms with Gasteiger partial charge in [-0.15, -0.1) is 11.3 Å². The first-order chi connectivity index (χ1) is 12.1. The second-order valence-electron chi connectivity index (χ2n) is 7.86. The number of rotatable bonds is 4. The molecular formula is C18H29F3N4S. The largest absolute Gasteiger partial charge is 0.391 e. The Labute approximate surface area is 157 Å². The Morgan fingerprint density at radius 1 is 1.23 bits per heavy atom. The summed E-state index contributed by atoms with van der Waals surface area (Å²) in [7, 11) is 1.68. The van der Waals surface area contributed by atoms with Gasteiger partial charge in [-0.05, 0) is 25.7 Å². The van der Waals surface area contributed by atoms with Gasteiger partial charge < -0.3 is 10.6 Å². The van der Waals surface area contributed by atoms with E-state index >= 15 is 0 Å². The van der Waals surface area contributed by atoms with Crippen LogP contribution in [0.15, 0.2) is 10.4 Å². The van der Waals surface area contributed by atoms with E-state index in [1.807, 2.05) is 0 Å². The van der Waals surface area contributed by atoms with Crippen LogP contribution in [0.5, 0.6) is 0 Å². The molecule has 148 valence electrons. The minimum absolute atomic E-state index is 0.0483. The second-order valence-corrected chi connectivity index (χ2v) is 8.80. The molecule has 0 unspecified atom stereocenters. The number of guanidine groups is 1. The van der Waals surface area contributed by atoms with E-state index in [4.69, 9.17) is 0 Å². The number of alkyl halides is 3. The number of nitrogens with zero attached hydrogens (tertiary/aromatic N) is 2. The van der Waals surface area contributed by atoms with Crippen molar-refractivity contribution in [1.29, 1.82) is 0 Å². The first-order valence-electron chi connectivity index (χ1n) is 9.08. The molecule has 0 amide bonds. The molecule has 8 heteroatoms. The van der Waals surface area contributed by atoms with Gasteiger partial charge in [0.25, 0.3) is 0 Å². The molecule has 1 saturated carbocycles. The Morgan fingerprint density at radius 3 is 2.38 bits per heavy atom. The molecule has 26 heavy (non-hydrogen) atoms. The number of hydrogen-bond acceptors (Lipinski definition) is 3. The number of hydrogen-bond donors (Lipinski definition) is 2. The van der Waals surface area contributed by atoms with Crippen molar-refractivity contribution < 1.29 is 13.2 Å². The van der Waals surface area contributed by atoms with Gasteiger partial charge in [0.2, 0.25) is 0 Å². The standard InChI is InChI=1S/C18H29F3N4S/c1-17(2,3)14-11-26-15(25-14)9-10-23-16(22-4)24-13-7-5-12(6-8-13)18(19,20)21/h11-13H,5-10H2,1-4H3,(H2,22,23,24). The summed E-state index contributed by atoms with van der Waals surface area (Å²) in [6.45, 7) is 7.12. The molecule has 1 aliphatic carbocycles. The molecule has 1 aliphatic rings. The van der Waals surface area contributed by atoms with E-state index in [1.165, 1.54) is 0 Å². The monoisotopic (exact) mass is 390 g/mol. The van der Waals surface area contributed by atoms with E-state index in [-0.39, 0.29) is 24.3 Å². The zero-order chi connectivity index (χ0) is 19.4. The zero-order valence-corrected chi connectivity index (χ0v) is 16.7. The minimum atomic E-state index is -4.06. The van der Waals surface area contributed by atoms with Crippen LogP contribution in [-0.4, -0.2) is 36.8 Å². The molecule has 1 heterocycles. The van der Waals surface area contributed by atoms with Crippen molar-refractivity contribution in [3.8, 4) is 0 Å². The highest BCUT2D eigenvalue weighted by atomic mass is 32.1. The summed E-state index contributed by atoms with van der Waals surface area (Å²) >= 11 is 1.66. The molecule has 0 spiro atoms. The van der Waals surface area contributed by atoms with Crippen LogP contribution < -0.4 is 10.6 Å². The summed E-state index contributed by atoms with van der Waals surface area (Å²) in [5.74, 6) is -0.509. The van der Waals surface area contributed by atoms with Crippen molar-refractivity contribution in [2.75, 3.05) is 13.6 Å². The molecule has 1 aromatic rings. The maximum atomic E-state index is 12.7. The Hall–Kier alpha value is -1.31. The van der Waals surface area contributed by atoms with Gasteiger partial charge in [0.15, 0.2) is 5.96 Å². The van der Waals surface area contributed by atoms with Gasteiger partial charge >= 0.3 is 6.18 Å². The van der Waals surface area contributed by atoms with Gasteiger partial charge in [-0.3, -0.25) is 4.99 Å². The second kappa shape index (κ2) is 8.59. The van der Waals surface area contributed by atoms with Crippen LogP contribution in [0.2, 0.25) is 0 Å². The summed E-state index contributed by atoms with van der Waals surface area (Å²) in [5.41, 5.74) is 1.15. The van der Waals surface area contributed by atoms with Crippen LogP contribution in [0.3, 0.4) is 0 Å². The lowest BCUT2D eigenvalue weighted by Gasteiger charge is -2.31. The molecule has 2 N–H and O–H groups in total. The third-order valence-corrected chi connectivity index (χ3v) is 5.61. The van der Waals surface area contributed by atoms with Crippen molar-refractivity contribution in [3.63, 3.8) is 0 Å². The fourth-order valence-corrected chi connectivity index (χ4v) is 4.04. The normalized spacial score (nSPS) is 22.3. The van der Waals surface area contributed by atoms with Gasteiger partial charge in [-0.1, -0.05) is 20.8 Å². The summed E-state index contributed by atoms with van der Waals surface area (Å²) in [6.07, 6.45) is -1.86. The summed E-state index contributed by atoms with van der Waals surface area (Å²) in [4.78, 5) is 8.84. The number of aromatic nitrogens is 1. The summed E-state index contributed by atoms with van der Waals surface area (Å²) in [5, 5.41) is 9.66. The number of aliphatic imine (C=N–C) groups is 1. The predicted molar refractivity (Wildman–Crippen MR) is 101 cm³/mol. The van der Waals surface area contributed by atoms with E-state index in [0.717, 1.165) is 17.1 Å². The average Bonchev–Trinajstić information content (AvgIpc) is 3.02. The number of nitrogens with one attached hydrogen (secondary N) is 2. The quantitative estimate of drug-likeness (QED) is 0.596. The van der Waals surface area contributed by atoms with Gasteiger partial charge in [0.1, 0.15) is 0 Å². The van der Waals surface area contributed by atoms with Crippen molar-refractivity contribution in [2.45, 2.75) is 70.5 Å². The van der Waals surface area contributed by atoms with E-state index in [0.29, 0.717) is 25.3 Å². The van der Waals surface area contributed by atoms with Crippen LogP contribution in [0.25, 0.3) is 0 Å². The minimum Gasteiger partial charge on any atom is -0.356 e. The van der Waals surface area contributed by atoms with Crippen LogP contribution in [-0.2, 0) is 11.8 Å². The summed E-state index contributed by atoms with van der Waals surface area (Å²) < 4.78 is 38.2. The van der Waals surface area contributed by atoms with Crippen LogP contribution in [0.4, 0.5) is 13.2 Å². The maximum Gasteiger partial charge on any atom is 0.391 e. The van der Waals surface area contributed by atoms with Crippen molar-refractivity contribution in [2.24, 2.45) is 10.9 Å². The molecule has 4 nitrogen and oxygen atoms in total. The molecule has 1 aromatic heterocycles. The van der Waals surface area contributed by atoms with E-state index < -0.39 is 12.1 Å². The lowest BCUT2D eigenvalue weighted by Crippen LogP contribution is -2.46. The molecule has 0 radical (unpaired) electrons. The van der Waals surface area contributed by atoms with Crippen LogP contribution in [0, 0.1) is 5.92 Å². The fourth-order valence-electron chi connectivity index (χ4n) is 3.01. The maximum absolute atomic E-state index is 12.7. The van der Waals surface area contributed by atoms with Crippen molar-refractivity contribution in [3.05, 3.63) is 16.1 Å². The lowest BCUT2D eigenvalue weighted by atomic mass is 9.85. The highest BCUT2D eigenvalue weighted by molar-refractivity contribution is 7.09. The van der Waals surface area contributed by atoms with E-state index in [2.05, 4.69) is 46.8 Å². The first-order valence-corrected chi connectivity index (χ1v) is 9.96. The van der Waals surface area contributed by atoms with E-state index in [1.54, 1.807) is 18.4 Å². The topological polar surface area (TPSA) is 49.3 Å². The van der Waals surface area contributed by atoms with Gasteiger partial charge in [-0.2, -0.15) is 13.2 Å². The lowest BCUT2D eigenvalue weighted by molar-refractivity contribution is -0.182. The Bertz CT molecular complexity index is 596. The Balaban J connectivity index is 1.74. The Morgan fingerprint density at radius 2 is 1.88 bits per heavy atom. The SMILES string of the molecule is CN=C(NCCc1nc(C(C)(C)C)cs1)NC1CCC(C(F)(F)F)CC1. The number of thiazole rings is 1. The van der Waals surface area contributed by atoms with Gasteiger partial charge in [0.05, 0.1) is 16.6 Å². The van der Waals surface area contributed by atoms with Gasteiger partial charge in [0, 0.05) is 36.9 Å².